The number of hydrogen-bond acceptors (Lipinski definition) is 7. The van der Waals surface area contributed by atoms with Crippen LogP contribution in [0.3, 0.4) is 0 Å². The number of aromatic nitrogens is 4. The zero-order chi connectivity index (χ0) is 24.2. The van der Waals surface area contributed by atoms with E-state index in [1.807, 2.05) is 28.8 Å². The molecular formula is C25H25IN8O. The van der Waals surface area contributed by atoms with Crippen molar-refractivity contribution in [2.75, 3.05) is 41.7 Å². The molecule has 2 N–H and O–H groups in total. The van der Waals surface area contributed by atoms with Crippen LogP contribution in [-0.4, -0.2) is 54.7 Å². The summed E-state index contributed by atoms with van der Waals surface area (Å²) in [5.41, 5.74) is 5.33. The van der Waals surface area contributed by atoms with E-state index in [2.05, 4.69) is 82.3 Å². The highest BCUT2D eigenvalue weighted by molar-refractivity contribution is 14.1. The first-order valence-corrected chi connectivity index (χ1v) is 12.3. The van der Waals surface area contributed by atoms with Crippen molar-refractivity contribution in [3.05, 3.63) is 79.3 Å². The SMILES string of the molecule is C=CC(=O)Nc1cccc(Cn2cnc3cnc(Nc4ccc(N5CCN(I)CC5)cc4)nc32)c1. The number of halogens is 1. The molecule has 3 heterocycles. The van der Waals surface area contributed by atoms with Crippen LogP contribution in [0.5, 0.6) is 0 Å². The number of carbonyl (C=O) groups excluding carboxylic acids is 1. The number of fused-ring (bicyclic) bond motifs is 1. The van der Waals surface area contributed by atoms with Gasteiger partial charge in [-0.1, -0.05) is 18.7 Å². The summed E-state index contributed by atoms with van der Waals surface area (Å²) in [5, 5.41) is 6.09. The Hall–Kier alpha value is -3.51. The molecule has 10 heteroatoms. The van der Waals surface area contributed by atoms with Crippen LogP contribution in [0, 0.1) is 0 Å². The largest absolute Gasteiger partial charge is 0.369 e. The quantitative estimate of drug-likeness (QED) is 0.192. The maximum absolute atomic E-state index is 11.6. The molecule has 9 nitrogen and oxygen atoms in total. The van der Waals surface area contributed by atoms with E-state index in [0.717, 1.165) is 48.6 Å². The predicted molar refractivity (Wildman–Crippen MR) is 147 cm³/mol. The first-order chi connectivity index (χ1) is 17.1. The Morgan fingerprint density at radius 1 is 1.06 bits per heavy atom. The topological polar surface area (TPSA) is 91.2 Å². The highest BCUT2D eigenvalue weighted by Gasteiger charge is 2.15. The Morgan fingerprint density at radius 2 is 1.86 bits per heavy atom. The lowest BCUT2D eigenvalue weighted by Gasteiger charge is -2.33. The molecule has 0 spiro atoms. The van der Waals surface area contributed by atoms with Crippen LogP contribution >= 0.6 is 22.9 Å². The molecule has 0 unspecified atom stereocenters. The van der Waals surface area contributed by atoms with Gasteiger partial charge in [0.1, 0.15) is 5.52 Å². The van der Waals surface area contributed by atoms with Gasteiger partial charge >= 0.3 is 0 Å². The summed E-state index contributed by atoms with van der Waals surface area (Å²) in [5.74, 6) is 0.271. The van der Waals surface area contributed by atoms with Gasteiger partial charge in [-0.05, 0) is 48.0 Å². The molecule has 5 rings (SSSR count). The van der Waals surface area contributed by atoms with Gasteiger partial charge in [-0.3, -0.25) is 4.79 Å². The Bertz CT molecular complexity index is 1350. The van der Waals surface area contributed by atoms with Gasteiger partial charge in [-0.15, -0.1) is 0 Å². The van der Waals surface area contributed by atoms with Crippen LogP contribution in [-0.2, 0) is 11.3 Å². The average Bonchev–Trinajstić information content (AvgIpc) is 3.27. The first-order valence-electron chi connectivity index (χ1n) is 11.3. The molecule has 1 aliphatic rings. The van der Waals surface area contributed by atoms with Crippen LogP contribution < -0.4 is 15.5 Å². The number of imidazole rings is 1. The molecule has 1 aliphatic heterocycles. The summed E-state index contributed by atoms with van der Waals surface area (Å²) in [4.78, 5) is 27.6. The third-order valence-corrected chi connectivity index (χ3v) is 6.77. The van der Waals surface area contributed by atoms with Crippen LogP contribution in [0.25, 0.3) is 11.2 Å². The summed E-state index contributed by atoms with van der Waals surface area (Å²) in [6, 6.07) is 16.0. The van der Waals surface area contributed by atoms with Crippen LogP contribution in [0.1, 0.15) is 5.56 Å². The molecule has 1 saturated heterocycles. The molecule has 0 radical (unpaired) electrons. The van der Waals surface area contributed by atoms with Crippen molar-refractivity contribution in [3.8, 4) is 0 Å². The number of rotatable bonds is 7. The number of nitrogens with zero attached hydrogens (tertiary/aromatic N) is 6. The van der Waals surface area contributed by atoms with Crippen molar-refractivity contribution in [3.63, 3.8) is 0 Å². The van der Waals surface area contributed by atoms with Crippen LogP contribution in [0.15, 0.2) is 73.7 Å². The normalized spacial score (nSPS) is 14.1. The standard InChI is InChI=1S/C25H25IN8O/c1-2-23(35)29-20-5-3-4-18(14-20)16-33-17-28-22-15-27-25(31-24(22)33)30-19-6-8-21(9-7-19)32-10-12-34(26)13-11-32/h2-9,14-15,17H,1,10-13,16H2,(H,29,35)(H,27,30,31). The molecule has 35 heavy (non-hydrogen) atoms. The minimum atomic E-state index is -0.241. The number of carbonyl (C=O) groups is 1. The lowest BCUT2D eigenvalue weighted by atomic mass is 10.2. The maximum Gasteiger partial charge on any atom is 0.247 e. The van der Waals surface area contributed by atoms with Crippen LogP contribution in [0.4, 0.5) is 23.0 Å². The second-order valence-corrected chi connectivity index (χ2v) is 9.60. The average molecular weight is 580 g/mol. The molecular weight excluding hydrogens is 555 g/mol. The molecule has 1 fully saturated rings. The number of hydrogen-bond donors (Lipinski definition) is 2. The van der Waals surface area contributed by atoms with Crippen LogP contribution in [0.2, 0.25) is 0 Å². The van der Waals surface area contributed by atoms with Crippen molar-refractivity contribution >= 4 is 62.9 Å². The molecule has 4 aromatic rings. The molecule has 0 bridgehead atoms. The molecule has 1 amide bonds. The lowest BCUT2D eigenvalue weighted by molar-refractivity contribution is -0.111. The number of benzene rings is 2. The van der Waals surface area contributed by atoms with Gasteiger partial charge in [0.15, 0.2) is 5.65 Å². The van der Waals surface area contributed by atoms with E-state index in [0.29, 0.717) is 18.2 Å². The Balaban J connectivity index is 1.30. The number of anilines is 4. The van der Waals surface area contributed by atoms with E-state index in [1.165, 1.54) is 11.8 Å². The fraction of sp³-hybridized carbons (Fsp3) is 0.200. The van der Waals surface area contributed by atoms with Crippen molar-refractivity contribution in [1.82, 2.24) is 22.6 Å². The highest BCUT2D eigenvalue weighted by Crippen LogP contribution is 2.23. The minimum Gasteiger partial charge on any atom is -0.369 e. The van der Waals surface area contributed by atoms with E-state index in [9.17, 15) is 4.79 Å². The molecule has 2 aromatic heterocycles. The number of nitrogens with one attached hydrogen (secondary N) is 2. The second kappa shape index (κ2) is 10.4. The summed E-state index contributed by atoms with van der Waals surface area (Å²) in [7, 11) is 0. The zero-order valence-electron chi connectivity index (χ0n) is 19.1. The van der Waals surface area contributed by atoms with E-state index in [1.54, 1.807) is 12.5 Å². The smallest absolute Gasteiger partial charge is 0.247 e. The van der Waals surface area contributed by atoms with E-state index in [4.69, 9.17) is 4.98 Å². The summed E-state index contributed by atoms with van der Waals surface area (Å²) < 4.78 is 4.28. The van der Waals surface area contributed by atoms with Crippen molar-refractivity contribution in [2.45, 2.75) is 6.54 Å². The molecule has 0 saturated carbocycles. The minimum absolute atomic E-state index is 0.241. The van der Waals surface area contributed by atoms with Crippen molar-refractivity contribution in [2.24, 2.45) is 0 Å². The summed E-state index contributed by atoms with van der Waals surface area (Å²) in [6.07, 6.45) is 4.73. The second-order valence-electron chi connectivity index (χ2n) is 8.24. The molecule has 178 valence electrons. The summed E-state index contributed by atoms with van der Waals surface area (Å²) in [6.45, 7) is 8.24. The van der Waals surface area contributed by atoms with Gasteiger partial charge in [-0.2, -0.15) is 4.98 Å². The summed E-state index contributed by atoms with van der Waals surface area (Å²) >= 11 is 2.38. The first kappa shape index (κ1) is 23.2. The highest BCUT2D eigenvalue weighted by atomic mass is 127. The van der Waals surface area contributed by atoms with E-state index >= 15 is 0 Å². The predicted octanol–water partition coefficient (Wildman–Crippen LogP) is 4.21. The number of piperazine rings is 1. The number of amides is 1. The van der Waals surface area contributed by atoms with Gasteiger partial charge in [0, 0.05) is 66.1 Å². The van der Waals surface area contributed by atoms with E-state index in [-0.39, 0.29) is 5.91 Å². The Kier molecular flexibility index (Phi) is 6.91. The van der Waals surface area contributed by atoms with Gasteiger partial charge in [-0.25, -0.2) is 13.1 Å². The Labute approximate surface area is 217 Å². The molecule has 0 aliphatic carbocycles. The van der Waals surface area contributed by atoms with Crippen molar-refractivity contribution in [1.29, 1.82) is 0 Å². The van der Waals surface area contributed by atoms with Gasteiger partial charge in [0.05, 0.1) is 19.1 Å². The fourth-order valence-corrected chi connectivity index (χ4v) is 4.43. The third kappa shape index (κ3) is 5.60. The molecule has 2 aromatic carbocycles. The van der Waals surface area contributed by atoms with Gasteiger partial charge in [0.25, 0.3) is 0 Å². The Morgan fingerprint density at radius 3 is 2.63 bits per heavy atom. The maximum atomic E-state index is 11.6. The van der Waals surface area contributed by atoms with Gasteiger partial charge < -0.3 is 20.1 Å². The van der Waals surface area contributed by atoms with E-state index < -0.39 is 0 Å². The van der Waals surface area contributed by atoms with Gasteiger partial charge in [0.2, 0.25) is 11.9 Å². The molecule has 0 atom stereocenters. The lowest BCUT2D eigenvalue weighted by Crippen LogP contribution is -2.42. The third-order valence-electron chi connectivity index (χ3n) is 5.80. The fourth-order valence-electron chi connectivity index (χ4n) is 3.99. The van der Waals surface area contributed by atoms with Crippen molar-refractivity contribution < 1.29 is 4.79 Å². The zero-order valence-corrected chi connectivity index (χ0v) is 21.2. The monoisotopic (exact) mass is 580 g/mol.